The van der Waals surface area contributed by atoms with Gasteiger partial charge in [-0.05, 0) is 65.8 Å². The number of benzene rings is 2. The number of nitrogens with zero attached hydrogens (tertiary/aromatic N) is 1. The van der Waals surface area contributed by atoms with Crippen LogP contribution in [0.1, 0.15) is 39.4 Å². The number of aryl methyl sites for hydroxylation is 1. The summed E-state index contributed by atoms with van der Waals surface area (Å²) in [5, 5.41) is 10.0. The van der Waals surface area contributed by atoms with Crippen LogP contribution in [0.2, 0.25) is 0 Å². The molecule has 4 rings (SSSR count). The van der Waals surface area contributed by atoms with Gasteiger partial charge < -0.3 is 19.3 Å². The highest BCUT2D eigenvalue weighted by Gasteiger charge is 2.35. The number of ether oxygens (including phenoxy) is 3. The Balaban J connectivity index is 1.82. The molecule has 2 aromatic carbocycles. The van der Waals surface area contributed by atoms with E-state index in [2.05, 4.69) is 30.0 Å². The number of aliphatic hydroxyl groups excluding tert-OH is 1. The van der Waals surface area contributed by atoms with Gasteiger partial charge in [0.15, 0.2) is 11.5 Å². The molecule has 0 radical (unpaired) electrons. The minimum absolute atomic E-state index is 0.00268. The van der Waals surface area contributed by atoms with E-state index in [9.17, 15) is 5.11 Å². The molecule has 2 heterocycles. The van der Waals surface area contributed by atoms with Crippen molar-refractivity contribution in [3.63, 3.8) is 0 Å². The molecule has 0 bridgehead atoms. The Kier molecular flexibility index (Phi) is 4.74. The minimum Gasteiger partial charge on any atom is -0.496 e. The average molecular weight is 369 g/mol. The summed E-state index contributed by atoms with van der Waals surface area (Å²) in [5.74, 6) is 2.34. The van der Waals surface area contributed by atoms with E-state index >= 15 is 0 Å². The zero-order chi connectivity index (χ0) is 19.1. The third kappa shape index (κ3) is 2.86. The Morgan fingerprint density at radius 1 is 1.00 bits per heavy atom. The molecule has 0 amide bonds. The lowest BCUT2D eigenvalue weighted by atomic mass is 9.81. The van der Waals surface area contributed by atoms with E-state index in [4.69, 9.17) is 14.2 Å². The predicted octanol–water partition coefficient (Wildman–Crippen LogP) is 3.17. The molecule has 0 aromatic heterocycles. The molecule has 2 aliphatic rings. The SMILES string of the molecule is COc1cc2c(cc1OC)C1Cc3c(c(C)cc(OC)c3CO)CN1CC2. The molecule has 5 nitrogen and oxygen atoms in total. The van der Waals surface area contributed by atoms with Gasteiger partial charge in [0.1, 0.15) is 5.75 Å². The van der Waals surface area contributed by atoms with Gasteiger partial charge in [-0.25, -0.2) is 0 Å². The number of fused-ring (bicyclic) bond motifs is 4. The smallest absolute Gasteiger partial charge is 0.161 e. The van der Waals surface area contributed by atoms with Crippen molar-refractivity contribution in [1.82, 2.24) is 4.90 Å². The van der Waals surface area contributed by atoms with Gasteiger partial charge in [-0.2, -0.15) is 0 Å². The lowest BCUT2D eigenvalue weighted by molar-refractivity contribution is 0.157. The Morgan fingerprint density at radius 2 is 1.70 bits per heavy atom. The molecular formula is C22H27NO4. The fourth-order valence-corrected chi connectivity index (χ4v) is 4.67. The normalized spacial score (nSPS) is 18.3. The third-order valence-electron chi connectivity index (χ3n) is 6.10. The van der Waals surface area contributed by atoms with Crippen molar-refractivity contribution in [2.75, 3.05) is 27.9 Å². The molecule has 1 unspecified atom stereocenters. The van der Waals surface area contributed by atoms with Crippen LogP contribution in [-0.2, 0) is 26.0 Å². The molecule has 0 spiro atoms. The van der Waals surface area contributed by atoms with Crippen molar-refractivity contribution in [2.24, 2.45) is 0 Å². The van der Waals surface area contributed by atoms with Crippen LogP contribution in [0.15, 0.2) is 18.2 Å². The number of methoxy groups -OCH3 is 3. The summed E-state index contributed by atoms with van der Waals surface area (Å²) in [6, 6.07) is 6.57. The predicted molar refractivity (Wildman–Crippen MR) is 104 cm³/mol. The summed E-state index contributed by atoms with van der Waals surface area (Å²) in [7, 11) is 5.03. The van der Waals surface area contributed by atoms with Crippen molar-refractivity contribution in [3.8, 4) is 17.2 Å². The van der Waals surface area contributed by atoms with Gasteiger partial charge in [-0.1, -0.05) is 0 Å². The highest BCUT2D eigenvalue weighted by molar-refractivity contribution is 5.54. The molecule has 2 aliphatic heterocycles. The first-order chi connectivity index (χ1) is 13.1. The zero-order valence-corrected chi connectivity index (χ0v) is 16.5. The Bertz CT molecular complexity index is 877. The molecular weight excluding hydrogens is 342 g/mol. The van der Waals surface area contributed by atoms with Gasteiger partial charge in [0, 0.05) is 24.7 Å². The maximum absolute atomic E-state index is 10.0. The van der Waals surface area contributed by atoms with Crippen molar-refractivity contribution in [1.29, 1.82) is 0 Å². The first-order valence-corrected chi connectivity index (χ1v) is 9.39. The van der Waals surface area contributed by atoms with Crippen LogP contribution in [0.3, 0.4) is 0 Å². The zero-order valence-electron chi connectivity index (χ0n) is 16.5. The first-order valence-electron chi connectivity index (χ1n) is 9.39. The Labute approximate surface area is 160 Å². The standard InChI is InChI=1S/C22H27NO4/c1-13-7-20(25-2)18(12-24)16-9-19-15-10-22(27-4)21(26-3)8-14(15)5-6-23(19)11-17(13)16/h7-8,10,19,24H,5-6,9,11-12H2,1-4H3. The fourth-order valence-electron chi connectivity index (χ4n) is 4.67. The highest BCUT2D eigenvalue weighted by Crippen LogP contribution is 2.44. The summed E-state index contributed by atoms with van der Waals surface area (Å²) in [6.07, 6.45) is 1.87. The van der Waals surface area contributed by atoms with E-state index < -0.39 is 0 Å². The molecule has 2 aromatic rings. The molecule has 144 valence electrons. The first kappa shape index (κ1) is 18.1. The highest BCUT2D eigenvalue weighted by atomic mass is 16.5. The van der Waals surface area contributed by atoms with E-state index in [1.807, 2.05) is 0 Å². The number of hydrogen-bond donors (Lipinski definition) is 1. The van der Waals surface area contributed by atoms with Crippen molar-refractivity contribution in [2.45, 2.75) is 39.0 Å². The number of hydrogen-bond acceptors (Lipinski definition) is 5. The van der Waals surface area contributed by atoms with Gasteiger partial charge >= 0.3 is 0 Å². The number of aliphatic hydroxyl groups is 1. The van der Waals surface area contributed by atoms with Crippen LogP contribution < -0.4 is 14.2 Å². The lowest BCUT2D eigenvalue weighted by Gasteiger charge is -2.43. The van der Waals surface area contributed by atoms with Gasteiger partial charge in [-0.3, -0.25) is 4.90 Å². The van der Waals surface area contributed by atoms with Crippen molar-refractivity contribution >= 4 is 0 Å². The second-order valence-electron chi connectivity index (χ2n) is 7.34. The molecule has 27 heavy (non-hydrogen) atoms. The van der Waals surface area contributed by atoms with E-state index in [1.165, 1.54) is 27.8 Å². The third-order valence-corrected chi connectivity index (χ3v) is 6.10. The summed E-state index contributed by atoms with van der Waals surface area (Å²) >= 11 is 0. The molecule has 0 saturated heterocycles. The minimum atomic E-state index is -0.00268. The summed E-state index contributed by atoms with van der Waals surface area (Å²) in [4.78, 5) is 2.54. The fraction of sp³-hybridized carbons (Fsp3) is 0.455. The molecule has 0 saturated carbocycles. The molecule has 0 fully saturated rings. The molecule has 5 heteroatoms. The monoisotopic (exact) mass is 369 g/mol. The van der Waals surface area contributed by atoms with Crippen LogP contribution in [-0.4, -0.2) is 37.9 Å². The largest absolute Gasteiger partial charge is 0.496 e. The Hall–Kier alpha value is -2.24. The van der Waals surface area contributed by atoms with Gasteiger partial charge in [0.2, 0.25) is 0 Å². The van der Waals surface area contributed by atoms with Crippen LogP contribution in [0.5, 0.6) is 17.2 Å². The maximum Gasteiger partial charge on any atom is 0.161 e. The lowest BCUT2D eigenvalue weighted by Crippen LogP contribution is -2.40. The molecule has 1 atom stereocenters. The van der Waals surface area contributed by atoms with E-state index in [0.717, 1.165) is 48.7 Å². The topological polar surface area (TPSA) is 51.2 Å². The van der Waals surface area contributed by atoms with Gasteiger partial charge in [-0.15, -0.1) is 0 Å². The maximum atomic E-state index is 10.0. The quantitative estimate of drug-likeness (QED) is 0.897. The van der Waals surface area contributed by atoms with E-state index in [1.54, 1.807) is 21.3 Å². The Morgan fingerprint density at radius 3 is 2.37 bits per heavy atom. The van der Waals surface area contributed by atoms with E-state index in [0.29, 0.717) is 0 Å². The van der Waals surface area contributed by atoms with Gasteiger partial charge in [0.25, 0.3) is 0 Å². The molecule has 0 aliphatic carbocycles. The van der Waals surface area contributed by atoms with Crippen molar-refractivity contribution in [3.05, 3.63) is 51.6 Å². The van der Waals surface area contributed by atoms with Gasteiger partial charge in [0.05, 0.1) is 27.9 Å². The average Bonchev–Trinajstić information content (AvgIpc) is 2.71. The summed E-state index contributed by atoms with van der Waals surface area (Å²) in [5.41, 5.74) is 7.34. The second kappa shape index (κ2) is 7.06. The van der Waals surface area contributed by atoms with E-state index in [-0.39, 0.29) is 12.6 Å². The van der Waals surface area contributed by atoms with Crippen LogP contribution in [0, 0.1) is 6.92 Å². The second-order valence-corrected chi connectivity index (χ2v) is 7.34. The van der Waals surface area contributed by atoms with Crippen LogP contribution in [0.4, 0.5) is 0 Å². The van der Waals surface area contributed by atoms with Crippen molar-refractivity contribution < 1.29 is 19.3 Å². The number of rotatable bonds is 4. The summed E-state index contributed by atoms with van der Waals surface area (Å²) < 4.78 is 16.6. The van der Waals surface area contributed by atoms with Crippen LogP contribution in [0.25, 0.3) is 0 Å². The molecule has 1 N–H and O–H groups in total. The van der Waals surface area contributed by atoms with Crippen LogP contribution >= 0.6 is 0 Å². The summed E-state index contributed by atoms with van der Waals surface area (Å²) in [6.45, 7) is 4.05.